The topological polar surface area (TPSA) is 29.5 Å². The van der Waals surface area contributed by atoms with E-state index in [4.69, 9.17) is 9.84 Å². The average molecular weight is 306 g/mol. The van der Waals surface area contributed by atoms with Crippen molar-refractivity contribution in [2.24, 2.45) is 11.3 Å². The summed E-state index contributed by atoms with van der Waals surface area (Å²) >= 11 is 0. The Balaban J connectivity index is -0.000000242. The van der Waals surface area contributed by atoms with Crippen molar-refractivity contribution in [1.29, 1.82) is 0 Å². The summed E-state index contributed by atoms with van der Waals surface area (Å²) in [5, 5.41) is 8.35. The van der Waals surface area contributed by atoms with E-state index >= 15 is 0 Å². The third kappa shape index (κ3) is 45.9. The summed E-state index contributed by atoms with van der Waals surface area (Å²) in [6.45, 7) is 15.8. The maximum absolute atomic E-state index is 8.35. The summed E-state index contributed by atoms with van der Waals surface area (Å²) in [6.07, 6.45) is 2.32. The van der Waals surface area contributed by atoms with Crippen LogP contribution >= 0.6 is 0 Å². The maximum atomic E-state index is 8.35. The van der Waals surface area contributed by atoms with Gasteiger partial charge in [0.05, 0.1) is 13.2 Å². The van der Waals surface area contributed by atoms with E-state index in [1.165, 1.54) is 6.42 Å². The molecule has 0 rings (SSSR count). The fraction of sp³-hybridized carbons (Fsp3) is 0.923. The van der Waals surface area contributed by atoms with E-state index < -0.39 is 0 Å². The Hall–Kier alpha value is 1.02. The predicted molar refractivity (Wildman–Crippen MR) is 66.8 cm³/mol. The van der Waals surface area contributed by atoms with Crippen LogP contribution < -0.4 is 0 Å². The molecule has 16 heavy (non-hydrogen) atoms. The molecule has 0 saturated carbocycles. The monoisotopic (exact) mass is 306 g/mol. The second-order valence-corrected chi connectivity index (χ2v) is 5.43. The van der Waals surface area contributed by atoms with Crippen molar-refractivity contribution in [3.63, 3.8) is 0 Å². The molecule has 0 atom stereocenters. The normalized spacial score (nSPS) is 10.5. The Bertz CT molecular complexity index is 114. The van der Waals surface area contributed by atoms with Crippen molar-refractivity contribution in [3.8, 4) is 0 Å². The predicted octanol–water partition coefficient (Wildman–Crippen LogP) is 3.30. The summed E-state index contributed by atoms with van der Waals surface area (Å²) in [6, 6.07) is 0. The molecular weight excluding hydrogens is 277 g/mol. The van der Waals surface area contributed by atoms with Crippen molar-refractivity contribution in [2.75, 3.05) is 19.8 Å². The van der Waals surface area contributed by atoms with Gasteiger partial charge in [0.25, 0.3) is 0 Å². The molecule has 0 fully saturated rings. The van der Waals surface area contributed by atoms with Gasteiger partial charge in [-0.1, -0.05) is 34.6 Å². The molecule has 0 saturated heterocycles. The molecule has 0 bridgehead atoms. The number of hydrogen-bond donors (Lipinski definition) is 1. The van der Waals surface area contributed by atoms with Gasteiger partial charge in [0.15, 0.2) is 0 Å². The summed E-state index contributed by atoms with van der Waals surface area (Å²) in [7, 11) is 0. The zero-order valence-electron chi connectivity index (χ0n) is 11.8. The average Bonchev–Trinajstić information content (AvgIpc) is 2.00. The van der Waals surface area contributed by atoms with Gasteiger partial charge in [0, 0.05) is 39.3 Å². The second-order valence-electron chi connectivity index (χ2n) is 5.43. The number of rotatable bonds is 6. The first-order valence-corrected chi connectivity index (χ1v) is 5.81. The van der Waals surface area contributed by atoms with E-state index in [1.54, 1.807) is 0 Å². The van der Waals surface area contributed by atoms with Gasteiger partial charge < -0.3 is 16.8 Å². The van der Waals surface area contributed by atoms with Crippen LogP contribution in [0.4, 0.5) is 0 Å². The van der Waals surface area contributed by atoms with E-state index in [0.29, 0.717) is 6.61 Å². The van der Waals surface area contributed by atoms with Crippen molar-refractivity contribution in [3.05, 3.63) is 6.92 Å². The molecule has 97 valence electrons. The van der Waals surface area contributed by atoms with Gasteiger partial charge in [-0.05, 0) is 18.8 Å². The van der Waals surface area contributed by atoms with E-state index in [9.17, 15) is 0 Å². The van der Waals surface area contributed by atoms with Gasteiger partial charge in [-0.3, -0.25) is 0 Å². The van der Waals surface area contributed by atoms with Gasteiger partial charge in [-0.15, -0.1) is 0 Å². The molecule has 0 aliphatic rings. The van der Waals surface area contributed by atoms with Gasteiger partial charge in [-0.25, -0.2) is 0 Å². The Labute approximate surface area is 127 Å². The minimum Gasteiger partial charge on any atom is -0.394 e. The molecule has 1 N–H and O–H groups in total. The van der Waals surface area contributed by atoms with Crippen LogP contribution in [0.1, 0.15) is 47.5 Å². The molecule has 0 aliphatic carbocycles. The van der Waals surface area contributed by atoms with E-state index in [2.05, 4.69) is 41.5 Å². The van der Waals surface area contributed by atoms with Crippen molar-refractivity contribution >= 4 is 0 Å². The van der Waals surface area contributed by atoms with Gasteiger partial charge in [0.2, 0.25) is 0 Å². The van der Waals surface area contributed by atoms with Crippen LogP contribution in [-0.4, -0.2) is 24.9 Å². The van der Waals surface area contributed by atoms with Crippen molar-refractivity contribution < 1.29 is 42.6 Å². The van der Waals surface area contributed by atoms with Crippen molar-refractivity contribution in [1.82, 2.24) is 0 Å². The fourth-order valence-corrected chi connectivity index (χ4v) is 0.760. The number of aliphatic hydroxyl groups is 1. The summed E-state index contributed by atoms with van der Waals surface area (Å²) in [5.41, 5.74) is 0.250. The van der Waals surface area contributed by atoms with E-state index in [0.717, 1.165) is 18.9 Å². The molecule has 2 nitrogen and oxygen atoms in total. The smallest absolute Gasteiger partial charge is 0.0697 e. The molecule has 3 heteroatoms. The largest absolute Gasteiger partial charge is 0.394 e. The molecule has 0 aliphatic heterocycles. The molecule has 0 amide bonds. The maximum Gasteiger partial charge on any atom is 0.0697 e. The quantitative estimate of drug-likeness (QED) is 0.603. The molecule has 0 aromatic heterocycles. The fourth-order valence-electron chi connectivity index (χ4n) is 0.760. The number of ether oxygens (including phenoxy) is 1. The molecule has 0 aromatic rings. The third-order valence-corrected chi connectivity index (χ3v) is 1.31. The van der Waals surface area contributed by atoms with Gasteiger partial charge in [-0.2, -0.15) is 5.41 Å². The Kier molecular flexibility index (Phi) is 19.6. The van der Waals surface area contributed by atoms with Crippen LogP contribution in [0.5, 0.6) is 0 Å². The molecular formula is C13H29O2Y-. The van der Waals surface area contributed by atoms with Gasteiger partial charge in [0.1, 0.15) is 0 Å². The Morgan fingerprint density at radius 1 is 1.19 bits per heavy atom. The van der Waals surface area contributed by atoms with Crippen LogP contribution in [0.3, 0.4) is 0 Å². The third-order valence-electron chi connectivity index (χ3n) is 1.31. The van der Waals surface area contributed by atoms with Crippen LogP contribution in [-0.2, 0) is 37.4 Å². The van der Waals surface area contributed by atoms with E-state index in [1.807, 2.05) is 0 Å². The minimum atomic E-state index is 0. The first-order chi connectivity index (χ1) is 6.77. The van der Waals surface area contributed by atoms with Gasteiger partial charge >= 0.3 is 0 Å². The molecule has 0 spiro atoms. The summed E-state index contributed by atoms with van der Waals surface area (Å²) < 4.78 is 5.08. The zero-order chi connectivity index (χ0) is 12.3. The molecule has 0 unspecified atom stereocenters. The first kappa shape index (κ1) is 22.2. The zero-order valence-corrected chi connectivity index (χ0v) is 14.6. The van der Waals surface area contributed by atoms with Crippen LogP contribution in [0, 0.1) is 18.3 Å². The SMILES string of the molecule is CC(C)CCCOCCO.[CH2-]C(C)(C)C.[Y]. The van der Waals surface area contributed by atoms with E-state index in [-0.39, 0.29) is 44.7 Å². The molecule has 0 aromatic carbocycles. The number of hydrogen-bond acceptors (Lipinski definition) is 2. The van der Waals surface area contributed by atoms with Crippen molar-refractivity contribution in [2.45, 2.75) is 47.5 Å². The molecule has 0 heterocycles. The second kappa shape index (κ2) is 14.1. The standard InChI is InChI=1S/C8H18O2.C5H11.Y/c1-8(2)4-3-6-10-7-5-9;1-5(2,3)4;/h8-9H,3-7H2,1-2H3;1H2,2-4H3;/q;-1;. The Morgan fingerprint density at radius 3 is 1.94 bits per heavy atom. The number of aliphatic hydroxyl groups excluding tert-OH is 1. The Morgan fingerprint density at radius 2 is 1.62 bits per heavy atom. The summed E-state index contributed by atoms with van der Waals surface area (Å²) in [4.78, 5) is 0. The molecule has 1 radical (unpaired) electrons. The first-order valence-electron chi connectivity index (χ1n) is 5.81. The van der Waals surface area contributed by atoms with Crippen LogP contribution in [0.15, 0.2) is 0 Å². The van der Waals surface area contributed by atoms with Crippen LogP contribution in [0.2, 0.25) is 0 Å². The van der Waals surface area contributed by atoms with Crippen LogP contribution in [0.25, 0.3) is 0 Å². The minimum absolute atomic E-state index is 0. The summed E-state index contributed by atoms with van der Waals surface area (Å²) in [5.74, 6) is 0.762.